The largest absolute Gasteiger partial charge is 0.343 e. The molecule has 0 saturated heterocycles. The third-order valence-corrected chi connectivity index (χ3v) is 5.42. The normalized spacial score (nSPS) is 21.6. The number of Topliss-reactive ketones (excluding diaryl/α,β-unsaturated/α-hetero) is 1. The van der Waals surface area contributed by atoms with Gasteiger partial charge in [0.2, 0.25) is 0 Å². The van der Waals surface area contributed by atoms with Gasteiger partial charge in [0.05, 0.1) is 5.56 Å². The minimum atomic E-state index is -0.505. The van der Waals surface area contributed by atoms with Gasteiger partial charge < -0.3 is 5.32 Å². The molecule has 25 heavy (non-hydrogen) atoms. The molecule has 1 aromatic heterocycles. The third-order valence-electron chi connectivity index (χ3n) is 4.86. The molecular weight excluding hydrogens is 361 g/mol. The SMILES string of the molecule is CC1(C)CC(=O)C2=C(C1)Nc1[nH][nH]c(=O)c1[C@H]2c1ccc(Cl)cc1Cl. The van der Waals surface area contributed by atoms with Crippen molar-refractivity contribution < 1.29 is 4.79 Å². The fraction of sp³-hybridized carbons (Fsp3) is 0.333. The molecule has 0 bridgehead atoms. The average molecular weight is 378 g/mol. The molecule has 0 spiro atoms. The highest BCUT2D eigenvalue weighted by atomic mass is 35.5. The number of hydrogen-bond acceptors (Lipinski definition) is 3. The Labute approximate surface area is 154 Å². The zero-order valence-corrected chi connectivity index (χ0v) is 15.3. The highest BCUT2D eigenvalue weighted by Crippen LogP contribution is 2.48. The second kappa shape index (κ2) is 5.51. The molecule has 1 aromatic carbocycles. The molecule has 0 amide bonds. The summed E-state index contributed by atoms with van der Waals surface area (Å²) < 4.78 is 0. The summed E-state index contributed by atoms with van der Waals surface area (Å²) >= 11 is 12.4. The molecule has 5 nitrogen and oxygen atoms in total. The number of aromatic nitrogens is 2. The van der Waals surface area contributed by atoms with Crippen molar-refractivity contribution in [1.82, 2.24) is 10.2 Å². The van der Waals surface area contributed by atoms with Gasteiger partial charge in [-0.15, -0.1) is 0 Å². The van der Waals surface area contributed by atoms with Crippen LogP contribution in [-0.4, -0.2) is 16.0 Å². The number of carbonyl (C=O) groups is 1. The highest BCUT2D eigenvalue weighted by molar-refractivity contribution is 6.35. The number of allylic oxidation sites excluding steroid dienone is 2. The van der Waals surface area contributed by atoms with E-state index >= 15 is 0 Å². The number of anilines is 1. The van der Waals surface area contributed by atoms with E-state index in [1.165, 1.54) is 0 Å². The Balaban J connectivity index is 1.98. The molecule has 1 aliphatic carbocycles. The van der Waals surface area contributed by atoms with Gasteiger partial charge in [-0.1, -0.05) is 43.1 Å². The monoisotopic (exact) mass is 377 g/mol. The zero-order valence-electron chi connectivity index (χ0n) is 13.8. The summed E-state index contributed by atoms with van der Waals surface area (Å²) in [7, 11) is 0. The Morgan fingerprint density at radius 1 is 1.12 bits per heavy atom. The van der Waals surface area contributed by atoms with Crippen LogP contribution in [0.5, 0.6) is 0 Å². The molecule has 3 N–H and O–H groups in total. The topological polar surface area (TPSA) is 77.8 Å². The molecule has 0 unspecified atom stereocenters. The van der Waals surface area contributed by atoms with Crippen molar-refractivity contribution >= 4 is 34.8 Å². The molecule has 1 aliphatic heterocycles. The van der Waals surface area contributed by atoms with Gasteiger partial charge in [0.15, 0.2) is 5.78 Å². The molecule has 2 aromatic rings. The van der Waals surface area contributed by atoms with Crippen molar-refractivity contribution in [3.63, 3.8) is 0 Å². The van der Waals surface area contributed by atoms with Crippen LogP contribution in [0.3, 0.4) is 0 Å². The fourth-order valence-corrected chi connectivity index (χ4v) is 4.38. The number of halogens is 2. The van der Waals surface area contributed by atoms with Gasteiger partial charge in [0.1, 0.15) is 5.82 Å². The zero-order chi connectivity index (χ0) is 17.9. The predicted molar refractivity (Wildman–Crippen MR) is 98.4 cm³/mol. The molecular formula is C18H17Cl2N3O2. The van der Waals surface area contributed by atoms with Crippen LogP contribution in [0.25, 0.3) is 0 Å². The summed E-state index contributed by atoms with van der Waals surface area (Å²) in [5.41, 5.74) is 2.27. The van der Waals surface area contributed by atoms with Crippen LogP contribution in [0, 0.1) is 5.41 Å². The van der Waals surface area contributed by atoms with E-state index in [9.17, 15) is 9.59 Å². The first-order valence-corrected chi connectivity index (χ1v) is 8.81. The molecule has 0 saturated carbocycles. The van der Waals surface area contributed by atoms with E-state index in [4.69, 9.17) is 23.2 Å². The van der Waals surface area contributed by atoms with Gasteiger partial charge >= 0.3 is 0 Å². The quantitative estimate of drug-likeness (QED) is 0.696. The number of hydrogen-bond donors (Lipinski definition) is 3. The maximum atomic E-state index is 13.0. The average Bonchev–Trinajstić information content (AvgIpc) is 2.85. The summed E-state index contributed by atoms with van der Waals surface area (Å²) in [4.78, 5) is 25.4. The number of ketones is 1. The predicted octanol–water partition coefficient (Wildman–Crippen LogP) is 4.21. The molecule has 0 radical (unpaired) electrons. The Bertz CT molecular complexity index is 984. The van der Waals surface area contributed by atoms with Crippen LogP contribution < -0.4 is 10.9 Å². The first-order valence-electron chi connectivity index (χ1n) is 8.05. The number of rotatable bonds is 1. The number of carbonyl (C=O) groups excluding carboxylic acids is 1. The van der Waals surface area contributed by atoms with E-state index in [1.807, 2.05) is 0 Å². The minimum absolute atomic E-state index is 0.0426. The highest BCUT2D eigenvalue weighted by Gasteiger charge is 2.42. The van der Waals surface area contributed by atoms with E-state index in [0.29, 0.717) is 39.0 Å². The Hall–Kier alpha value is -1.98. The van der Waals surface area contributed by atoms with Gasteiger partial charge in [0, 0.05) is 33.7 Å². The van der Waals surface area contributed by atoms with Gasteiger partial charge in [-0.2, -0.15) is 0 Å². The standard InChI is InChI=1S/C18H17Cl2N3O2/c1-18(2)6-11-14(12(24)7-18)13(9-4-3-8(19)5-10(9)20)15-16(21-11)22-23-17(15)25/h3-5,13H,6-7H2,1-2H3,(H3,21,22,23,25)/t13-/m0/s1. The van der Waals surface area contributed by atoms with Crippen molar-refractivity contribution in [2.75, 3.05) is 5.32 Å². The summed E-state index contributed by atoms with van der Waals surface area (Å²) in [5.74, 6) is 0.126. The van der Waals surface area contributed by atoms with Crippen LogP contribution in [0.4, 0.5) is 5.82 Å². The summed E-state index contributed by atoms with van der Waals surface area (Å²) in [6.07, 6.45) is 1.16. The number of H-pyrrole nitrogens is 2. The van der Waals surface area contributed by atoms with Crippen molar-refractivity contribution in [1.29, 1.82) is 0 Å². The Kier molecular flexibility index (Phi) is 3.63. The number of fused-ring (bicyclic) bond motifs is 1. The number of nitrogens with one attached hydrogen (secondary N) is 3. The van der Waals surface area contributed by atoms with Gasteiger partial charge in [-0.25, -0.2) is 0 Å². The lowest BCUT2D eigenvalue weighted by Crippen LogP contribution is -2.35. The summed E-state index contributed by atoms with van der Waals surface area (Å²) in [6.45, 7) is 4.13. The van der Waals surface area contributed by atoms with Gasteiger partial charge in [-0.3, -0.25) is 19.8 Å². The lowest BCUT2D eigenvalue weighted by molar-refractivity contribution is -0.118. The molecule has 7 heteroatoms. The van der Waals surface area contributed by atoms with Crippen LogP contribution >= 0.6 is 23.2 Å². The van der Waals surface area contributed by atoms with Crippen molar-refractivity contribution in [3.8, 4) is 0 Å². The van der Waals surface area contributed by atoms with Crippen LogP contribution in [0.15, 0.2) is 34.3 Å². The smallest absolute Gasteiger partial charge is 0.270 e. The molecule has 1 atom stereocenters. The maximum absolute atomic E-state index is 13.0. The van der Waals surface area contributed by atoms with Crippen molar-refractivity contribution in [2.24, 2.45) is 5.41 Å². The second-order valence-corrected chi connectivity index (χ2v) is 8.27. The lowest BCUT2D eigenvalue weighted by Gasteiger charge is -2.38. The van der Waals surface area contributed by atoms with E-state index in [-0.39, 0.29) is 16.8 Å². The Morgan fingerprint density at radius 2 is 1.88 bits per heavy atom. The maximum Gasteiger partial charge on any atom is 0.270 e. The van der Waals surface area contributed by atoms with Crippen LogP contribution in [0.2, 0.25) is 10.0 Å². The second-order valence-electron chi connectivity index (χ2n) is 7.42. The molecule has 2 heterocycles. The molecule has 0 fully saturated rings. The first-order chi connectivity index (χ1) is 11.8. The van der Waals surface area contributed by atoms with E-state index < -0.39 is 5.92 Å². The van der Waals surface area contributed by atoms with E-state index in [2.05, 4.69) is 29.4 Å². The first kappa shape index (κ1) is 16.5. The van der Waals surface area contributed by atoms with Crippen molar-refractivity contribution in [3.05, 3.63) is 61.0 Å². The molecule has 2 aliphatic rings. The van der Waals surface area contributed by atoms with Crippen LogP contribution in [0.1, 0.15) is 43.7 Å². The van der Waals surface area contributed by atoms with E-state index in [0.717, 1.165) is 12.1 Å². The number of benzene rings is 1. The van der Waals surface area contributed by atoms with Crippen LogP contribution in [-0.2, 0) is 4.79 Å². The lowest BCUT2D eigenvalue weighted by atomic mass is 9.69. The fourth-order valence-electron chi connectivity index (χ4n) is 3.86. The Morgan fingerprint density at radius 3 is 2.60 bits per heavy atom. The van der Waals surface area contributed by atoms with Gasteiger partial charge in [0.25, 0.3) is 5.56 Å². The number of aromatic amines is 2. The van der Waals surface area contributed by atoms with Crippen molar-refractivity contribution in [2.45, 2.75) is 32.6 Å². The molecule has 130 valence electrons. The summed E-state index contributed by atoms with van der Waals surface area (Å²) in [6, 6.07) is 5.15. The van der Waals surface area contributed by atoms with Gasteiger partial charge in [-0.05, 0) is 29.5 Å². The summed E-state index contributed by atoms with van der Waals surface area (Å²) in [5, 5.41) is 9.66. The minimum Gasteiger partial charge on any atom is -0.343 e. The van der Waals surface area contributed by atoms with E-state index in [1.54, 1.807) is 18.2 Å². The third kappa shape index (κ3) is 2.62. The molecule has 4 rings (SSSR count).